The number of nitrogens with zero attached hydrogens (tertiary/aromatic N) is 3. The molecule has 0 amide bonds. The highest BCUT2D eigenvalue weighted by Crippen LogP contribution is 2.29. The first-order valence-electron chi connectivity index (χ1n) is 7.29. The van der Waals surface area contributed by atoms with Gasteiger partial charge in [0, 0.05) is 23.4 Å². The molecule has 1 aliphatic heterocycles. The third-order valence-corrected chi connectivity index (χ3v) is 3.97. The molecule has 0 aliphatic carbocycles. The Morgan fingerprint density at radius 2 is 2.14 bits per heavy atom. The number of anilines is 2. The van der Waals surface area contributed by atoms with Gasteiger partial charge in [0.05, 0.1) is 13.2 Å². The monoisotopic (exact) mass is 300 g/mol. The molecule has 2 heterocycles. The minimum absolute atomic E-state index is 0.0197. The Labute approximate surface area is 129 Å². The van der Waals surface area contributed by atoms with E-state index < -0.39 is 0 Å². The van der Waals surface area contributed by atoms with Crippen LogP contribution in [0.25, 0.3) is 0 Å². The van der Waals surface area contributed by atoms with Gasteiger partial charge in [0.15, 0.2) is 0 Å². The molecule has 3 N–H and O–H groups in total. The van der Waals surface area contributed by atoms with Gasteiger partial charge in [-0.3, -0.25) is 0 Å². The van der Waals surface area contributed by atoms with E-state index in [1.165, 1.54) is 0 Å². The summed E-state index contributed by atoms with van der Waals surface area (Å²) in [6, 6.07) is 5.77. The second-order valence-corrected chi connectivity index (χ2v) is 5.49. The summed E-state index contributed by atoms with van der Waals surface area (Å²) in [4.78, 5) is 10.7. The van der Waals surface area contributed by atoms with Gasteiger partial charge in [-0.25, -0.2) is 4.98 Å². The first-order chi connectivity index (χ1) is 10.6. The molecule has 0 atom stereocenters. The molecule has 6 heteroatoms. The number of aryl methyl sites for hydroxylation is 1. The summed E-state index contributed by atoms with van der Waals surface area (Å²) in [5.74, 6) is 1.99. The summed E-state index contributed by atoms with van der Waals surface area (Å²) < 4.78 is 5.80. The number of hydrogen-bond acceptors (Lipinski definition) is 6. The summed E-state index contributed by atoms with van der Waals surface area (Å²) in [5.41, 5.74) is 9.63. The number of rotatable bonds is 2. The lowest BCUT2D eigenvalue weighted by molar-refractivity contribution is 0.281. The molecular weight excluding hydrogens is 280 g/mol. The Balaban J connectivity index is 1.99. The van der Waals surface area contributed by atoms with Gasteiger partial charge in [-0.1, -0.05) is 6.07 Å². The van der Waals surface area contributed by atoms with E-state index >= 15 is 0 Å². The molecule has 0 unspecified atom stereocenters. The van der Waals surface area contributed by atoms with Gasteiger partial charge in [0.25, 0.3) is 0 Å². The second kappa shape index (κ2) is 5.81. The molecule has 1 aliphatic rings. The Bertz CT molecular complexity index is 703. The molecular formula is C16H20N4O2. The predicted molar refractivity (Wildman–Crippen MR) is 84.8 cm³/mol. The number of fused-ring (bicyclic) bond motifs is 1. The minimum atomic E-state index is 0.0197. The van der Waals surface area contributed by atoms with Crippen molar-refractivity contribution in [3.8, 4) is 5.75 Å². The fourth-order valence-corrected chi connectivity index (χ4v) is 2.67. The lowest BCUT2D eigenvalue weighted by Crippen LogP contribution is -2.27. The average Bonchev–Trinajstić information content (AvgIpc) is 2.72. The van der Waals surface area contributed by atoms with Crippen LogP contribution in [-0.4, -0.2) is 28.2 Å². The molecule has 0 saturated heterocycles. The van der Waals surface area contributed by atoms with Crippen LogP contribution < -0.4 is 15.4 Å². The first-order valence-corrected chi connectivity index (χ1v) is 7.29. The van der Waals surface area contributed by atoms with E-state index in [0.29, 0.717) is 13.2 Å². The van der Waals surface area contributed by atoms with Crippen LogP contribution in [0.1, 0.15) is 22.4 Å². The average molecular weight is 300 g/mol. The SMILES string of the molecule is Cc1nc(N)nc(N2CCOc3ccc(CO)cc3C2)c1C. The van der Waals surface area contributed by atoms with Gasteiger partial charge in [0.1, 0.15) is 18.2 Å². The van der Waals surface area contributed by atoms with Crippen molar-refractivity contribution in [2.24, 2.45) is 0 Å². The number of nitrogens with two attached hydrogens (primary N) is 1. The van der Waals surface area contributed by atoms with E-state index in [4.69, 9.17) is 10.5 Å². The molecule has 0 fully saturated rings. The fraction of sp³-hybridized carbons (Fsp3) is 0.375. The molecule has 0 saturated carbocycles. The van der Waals surface area contributed by atoms with Crippen molar-refractivity contribution in [1.29, 1.82) is 0 Å². The molecule has 2 aromatic rings. The molecule has 0 bridgehead atoms. The normalized spacial score (nSPS) is 14.2. The zero-order valence-electron chi connectivity index (χ0n) is 12.8. The van der Waals surface area contributed by atoms with Gasteiger partial charge >= 0.3 is 0 Å². The highest BCUT2D eigenvalue weighted by atomic mass is 16.5. The molecule has 6 nitrogen and oxygen atoms in total. The highest BCUT2D eigenvalue weighted by molar-refractivity contribution is 5.53. The highest BCUT2D eigenvalue weighted by Gasteiger charge is 2.20. The number of aliphatic hydroxyl groups excluding tert-OH is 1. The van der Waals surface area contributed by atoms with Crippen molar-refractivity contribution in [2.45, 2.75) is 27.0 Å². The summed E-state index contributed by atoms with van der Waals surface area (Å²) >= 11 is 0. The fourth-order valence-electron chi connectivity index (χ4n) is 2.67. The lowest BCUT2D eigenvalue weighted by atomic mass is 10.1. The van der Waals surface area contributed by atoms with Gasteiger partial charge in [-0.2, -0.15) is 4.98 Å². The van der Waals surface area contributed by atoms with Crippen molar-refractivity contribution in [2.75, 3.05) is 23.8 Å². The summed E-state index contributed by atoms with van der Waals surface area (Å²) in [5, 5.41) is 9.32. The van der Waals surface area contributed by atoms with Crippen LogP contribution in [0.3, 0.4) is 0 Å². The zero-order valence-corrected chi connectivity index (χ0v) is 12.8. The van der Waals surface area contributed by atoms with Gasteiger partial charge in [0.2, 0.25) is 5.95 Å². The van der Waals surface area contributed by atoms with Gasteiger partial charge < -0.3 is 20.5 Å². The van der Waals surface area contributed by atoms with E-state index in [1.807, 2.05) is 32.0 Å². The molecule has 3 rings (SSSR count). The Kier molecular flexibility index (Phi) is 3.85. The minimum Gasteiger partial charge on any atom is -0.491 e. The summed E-state index contributed by atoms with van der Waals surface area (Å²) in [7, 11) is 0. The smallest absolute Gasteiger partial charge is 0.222 e. The maximum atomic E-state index is 9.32. The number of aliphatic hydroxyl groups is 1. The van der Waals surface area contributed by atoms with Crippen LogP contribution in [0.2, 0.25) is 0 Å². The van der Waals surface area contributed by atoms with Gasteiger partial charge in [-0.15, -0.1) is 0 Å². The zero-order chi connectivity index (χ0) is 15.7. The number of hydrogen-bond donors (Lipinski definition) is 2. The van der Waals surface area contributed by atoms with Crippen molar-refractivity contribution in [1.82, 2.24) is 9.97 Å². The largest absolute Gasteiger partial charge is 0.491 e. The standard InChI is InChI=1S/C16H20N4O2/c1-10-11(2)18-16(17)19-15(10)20-5-6-22-14-4-3-12(9-21)7-13(14)8-20/h3-4,7,21H,5-6,8-9H2,1-2H3,(H2,17,18,19). The third-order valence-electron chi connectivity index (χ3n) is 3.97. The number of benzene rings is 1. The maximum Gasteiger partial charge on any atom is 0.222 e. The molecule has 1 aromatic carbocycles. The van der Waals surface area contributed by atoms with Crippen molar-refractivity contribution in [3.05, 3.63) is 40.6 Å². The Morgan fingerprint density at radius 3 is 2.91 bits per heavy atom. The quantitative estimate of drug-likeness (QED) is 0.875. The second-order valence-electron chi connectivity index (χ2n) is 5.49. The maximum absolute atomic E-state index is 9.32. The van der Waals surface area contributed by atoms with Crippen LogP contribution in [0, 0.1) is 13.8 Å². The molecule has 22 heavy (non-hydrogen) atoms. The van der Waals surface area contributed by atoms with Crippen LogP contribution in [0.15, 0.2) is 18.2 Å². The van der Waals surface area contributed by atoms with E-state index in [2.05, 4.69) is 14.9 Å². The Hall–Kier alpha value is -2.34. The van der Waals surface area contributed by atoms with Crippen molar-refractivity contribution >= 4 is 11.8 Å². The topological polar surface area (TPSA) is 84.5 Å². The Morgan fingerprint density at radius 1 is 1.32 bits per heavy atom. The van der Waals surface area contributed by atoms with E-state index in [0.717, 1.165) is 40.5 Å². The number of aromatic nitrogens is 2. The van der Waals surface area contributed by atoms with Gasteiger partial charge in [-0.05, 0) is 31.5 Å². The number of ether oxygens (including phenoxy) is 1. The predicted octanol–water partition coefficient (Wildman–Crippen LogP) is 1.57. The third kappa shape index (κ3) is 2.69. The molecule has 116 valence electrons. The molecule has 1 aromatic heterocycles. The lowest BCUT2D eigenvalue weighted by Gasteiger charge is -2.23. The summed E-state index contributed by atoms with van der Waals surface area (Å²) in [6.45, 7) is 5.92. The summed E-state index contributed by atoms with van der Waals surface area (Å²) in [6.07, 6.45) is 0. The van der Waals surface area contributed by atoms with Crippen LogP contribution in [0.4, 0.5) is 11.8 Å². The van der Waals surface area contributed by atoms with Crippen molar-refractivity contribution < 1.29 is 9.84 Å². The van der Waals surface area contributed by atoms with Crippen LogP contribution in [-0.2, 0) is 13.2 Å². The van der Waals surface area contributed by atoms with E-state index in [1.54, 1.807) is 0 Å². The van der Waals surface area contributed by atoms with Crippen molar-refractivity contribution in [3.63, 3.8) is 0 Å². The van der Waals surface area contributed by atoms with E-state index in [9.17, 15) is 5.11 Å². The molecule has 0 spiro atoms. The van der Waals surface area contributed by atoms with E-state index in [-0.39, 0.29) is 12.6 Å². The van der Waals surface area contributed by atoms with Crippen LogP contribution >= 0.6 is 0 Å². The van der Waals surface area contributed by atoms with Crippen LogP contribution in [0.5, 0.6) is 5.75 Å². The first kappa shape index (κ1) is 14.6. The molecule has 0 radical (unpaired) electrons. The number of nitrogen functional groups attached to an aromatic ring is 1.